The highest BCUT2D eigenvalue weighted by atomic mass is 16.1. The Morgan fingerprint density at radius 2 is 1.48 bits per heavy atom. The number of benzene rings is 2. The quantitative estimate of drug-likeness (QED) is 0.703. The van der Waals surface area contributed by atoms with Gasteiger partial charge in [0, 0.05) is 32.7 Å². The van der Waals surface area contributed by atoms with Crippen LogP contribution in [-0.2, 0) is 17.8 Å². The van der Waals surface area contributed by atoms with E-state index in [1.807, 2.05) is 48.7 Å². The minimum Gasteiger partial charge on any atom is -0.368 e. The minimum absolute atomic E-state index is 0.0500. The van der Waals surface area contributed by atoms with Crippen molar-refractivity contribution in [2.75, 3.05) is 36.4 Å². The number of aromatic nitrogens is 1. The molecule has 2 heterocycles. The van der Waals surface area contributed by atoms with Crippen molar-refractivity contribution in [3.63, 3.8) is 0 Å². The lowest BCUT2D eigenvalue weighted by molar-refractivity contribution is -0.115. The molecule has 0 aliphatic carbocycles. The second-order valence-corrected chi connectivity index (χ2v) is 7.36. The van der Waals surface area contributed by atoms with Crippen molar-refractivity contribution < 1.29 is 4.79 Å². The second kappa shape index (κ2) is 9.34. The summed E-state index contributed by atoms with van der Waals surface area (Å²) in [6, 6.07) is 24.3. The number of pyridine rings is 1. The molecule has 0 radical (unpaired) electrons. The Balaban J connectivity index is 1.27. The van der Waals surface area contributed by atoms with E-state index in [-0.39, 0.29) is 5.91 Å². The first-order valence-electron chi connectivity index (χ1n) is 10.1. The summed E-state index contributed by atoms with van der Waals surface area (Å²) in [6.07, 6.45) is 2.21. The summed E-state index contributed by atoms with van der Waals surface area (Å²) < 4.78 is 0. The van der Waals surface area contributed by atoms with Gasteiger partial charge in [-0.2, -0.15) is 0 Å². The minimum atomic E-state index is -0.0500. The molecule has 0 atom stereocenters. The highest BCUT2D eigenvalue weighted by molar-refractivity contribution is 5.91. The van der Waals surface area contributed by atoms with E-state index in [1.54, 1.807) is 0 Å². The highest BCUT2D eigenvalue weighted by Crippen LogP contribution is 2.18. The Labute approximate surface area is 172 Å². The molecule has 0 bridgehead atoms. The fourth-order valence-corrected chi connectivity index (χ4v) is 3.62. The zero-order valence-corrected chi connectivity index (χ0v) is 16.5. The second-order valence-electron chi connectivity index (χ2n) is 7.36. The third kappa shape index (κ3) is 5.42. The van der Waals surface area contributed by atoms with E-state index in [2.05, 4.69) is 50.4 Å². The molecule has 3 aromatic rings. The number of carbonyl (C=O) groups excluding carboxylic acids is 1. The Kier molecular flexibility index (Phi) is 6.17. The molecule has 0 spiro atoms. The van der Waals surface area contributed by atoms with Gasteiger partial charge in [-0.25, -0.2) is 4.98 Å². The number of nitrogens with zero attached hydrogens (tertiary/aromatic N) is 3. The molecule has 1 saturated heterocycles. The summed E-state index contributed by atoms with van der Waals surface area (Å²) in [5, 5.41) is 2.88. The summed E-state index contributed by atoms with van der Waals surface area (Å²) in [6.45, 7) is 5.02. The van der Waals surface area contributed by atoms with Crippen LogP contribution in [0.5, 0.6) is 0 Å². The van der Waals surface area contributed by atoms with Crippen molar-refractivity contribution in [3.8, 4) is 0 Å². The van der Waals surface area contributed by atoms with E-state index in [1.165, 1.54) is 5.56 Å². The van der Waals surface area contributed by atoms with E-state index in [0.29, 0.717) is 12.2 Å². The number of rotatable bonds is 6. The van der Waals surface area contributed by atoms with Crippen LogP contribution in [0.25, 0.3) is 0 Å². The molecule has 1 aromatic heterocycles. The van der Waals surface area contributed by atoms with Crippen molar-refractivity contribution >= 4 is 17.4 Å². The standard InChI is InChI=1S/C24H26N4O/c29-24(17-20-7-3-1-4-8-20)26-23-12-11-22(18-25-23)28-15-13-27(14-16-28)19-21-9-5-2-6-10-21/h1-12,18H,13-17,19H2,(H,25,26,29). The van der Waals surface area contributed by atoms with Gasteiger partial charge in [0.2, 0.25) is 5.91 Å². The van der Waals surface area contributed by atoms with Crippen molar-refractivity contribution in [3.05, 3.63) is 90.1 Å². The van der Waals surface area contributed by atoms with Crippen molar-refractivity contribution in [2.45, 2.75) is 13.0 Å². The zero-order chi connectivity index (χ0) is 19.9. The first kappa shape index (κ1) is 19.2. The lowest BCUT2D eigenvalue weighted by Crippen LogP contribution is -2.46. The van der Waals surface area contributed by atoms with Gasteiger partial charge >= 0.3 is 0 Å². The summed E-state index contributed by atoms with van der Waals surface area (Å²) in [4.78, 5) is 21.5. The first-order valence-corrected chi connectivity index (χ1v) is 10.1. The molecular weight excluding hydrogens is 360 g/mol. The molecule has 4 rings (SSSR count). The fraction of sp³-hybridized carbons (Fsp3) is 0.250. The molecule has 0 unspecified atom stereocenters. The van der Waals surface area contributed by atoms with Crippen LogP contribution < -0.4 is 10.2 Å². The maximum Gasteiger partial charge on any atom is 0.229 e. The monoisotopic (exact) mass is 386 g/mol. The molecule has 1 N–H and O–H groups in total. The Hall–Kier alpha value is -3.18. The molecule has 1 aliphatic heterocycles. The Morgan fingerprint density at radius 1 is 0.828 bits per heavy atom. The summed E-state index contributed by atoms with van der Waals surface area (Å²) in [5.41, 5.74) is 3.46. The number of piperazine rings is 1. The van der Waals surface area contributed by atoms with Gasteiger partial charge in [-0.05, 0) is 23.3 Å². The SMILES string of the molecule is O=C(Cc1ccccc1)Nc1ccc(N2CCN(Cc3ccccc3)CC2)cn1. The van der Waals surface area contributed by atoms with Gasteiger partial charge in [-0.15, -0.1) is 0 Å². The first-order chi connectivity index (χ1) is 14.3. The predicted molar refractivity (Wildman–Crippen MR) is 117 cm³/mol. The molecule has 2 aromatic carbocycles. The smallest absolute Gasteiger partial charge is 0.229 e. The van der Waals surface area contributed by atoms with Crippen LogP contribution in [0.3, 0.4) is 0 Å². The van der Waals surface area contributed by atoms with Gasteiger partial charge in [-0.1, -0.05) is 60.7 Å². The molecule has 0 saturated carbocycles. The van der Waals surface area contributed by atoms with Crippen LogP contribution in [0, 0.1) is 0 Å². The topological polar surface area (TPSA) is 48.5 Å². The molecule has 148 valence electrons. The average molecular weight is 386 g/mol. The van der Waals surface area contributed by atoms with Crippen LogP contribution in [-0.4, -0.2) is 42.0 Å². The summed E-state index contributed by atoms with van der Waals surface area (Å²) >= 11 is 0. The molecule has 5 nitrogen and oxygen atoms in total. The fourth-order valence-electron chi connectivity index (χ4n) is 3.62. The zero-order valence-electron chi connectivity index (χ0n) is 16.5. The number of hydrogen-bond donors (Lipinski definition) is 1. The number of amides is 1. The van der Waals surface area contributed by atoms with Crippen LogP contribution in [0.4, 0.5) is 11.5 Å². The molecule has 5 heteroatoms. The van der Waals surface area contributed by atoms with Crippen LogP contribution in [0.1, 0.15) is 11.1 Å². The number of nitrogens with one attached hydrogen (secondary N) is 1. The van der Waals surface area contributed by atoms with E-state index >= 15 is 0 Å². The highest BCUT2D eigenvalue weighted by Gasteiger charge is 2.17. The van der Waals surface area contributed by atoms with Crippen molar-refractivity contribution in [1.82, 2.24) is 9.88 Å². The number of anilines is 2. The summed E-state index contributed by atoms with van der Waals surface area (Å²) in [7, 11) is 0. The molecular formula is C24H26N4O. The van der Waals surface area contributed by atoms with E-state index in [0.717, 1.165) is 44.0 Å². The average Bonchev–Trinajstić information content (AvgIpc) is 2.76. The third-order valence-electron chi connectivity index (χ3n) is 5.21. The van der Waals surface area contributed by atoms with Gasteiger partial charge in [0.1, 0.15) is 5.82 Å². The Bertz CT molecular complexity index is 905. The van der Waals surface area contributed by atoms with E-state index in [9.17, 15) is 4.79 Å². The van der Waals surface area contributed by atoms with Gasteiger partial charge in [0.15, 0.2) is 0 Å². The van der Waals surface area contributed by atoms with E-state index < -0.39 is 0 Å². The molecule has 1 fully saturated rings. The van der Waals surface area contributed by atoms with Gasteiger partial charge in [0.25, 0.3) is 0 Å². The molecule has 29 heavy (non-hydrogen) atoms. The van der Waals surface area contributed by atoms with Gasteiger partial charge in [-0.3, -0.25) is 9.69 Å². The van der Waals surface area contributed by atoms with Crippen molar-refractivity contribution in [1.29, 1.82) is 0 Å². The predicted octanol–water partition coefficient (Wildman–Crippen LogP) is 3.59. The maximum absolute atomic E-state index is 12.2. The van der Waals surface area contributed by atoms with Crippen LogP contribution in [0.2, 0.25) is 0 Å². The van der Waals surface area contributed by atoms with Crippen LogP contribution >= 0.6 is 0 Å². The van der Waals surface area contributed by atoms with E-state index in [4.69, 9.17) is 0 Å². The number of hydrogen-bond acceptors (Lipinski definition) is 4. The maximum atomic E-state index is 12.2. The third-order valence-corrected chi connectivity index (χ3v) is 5.21. The summed E-state index contributed by atoms with van der Waals surface area (Å²) in [5.74, 6) is 0.545. The van der Waals surface area contributed by atoms with Gasteiger partial charge in [0.05, 0.1) is 18.3 Å². The largest absolute Gasteiger partial charge is 0.368 e. The molecule has 1 amide bonds. The van der Waals surface area contributed by atoms with Gasteiger partial charge < -0.3 is 10.2 Å². The lowest BCUT2D eigenvalue weighted by atomic mass is 10.1. The number of carbonyl (C=O) groups is 1. The Morgan fingerprint density at radius 3 is 2.10 bits per heavy atom. The normalized spacial score (nSPS) is 14.6. The lowest BCUT2D eigenvalue weighted by Gasteiger charge is -2.36. The van der Waals surface area contributed by atoms with Crippen molar-refractivity contribution in [2.24, 2.45) is 0 Å². The molecule has 1 aliphatic rings. The van der Waals surface area contributed by atoms with Crippen LogP contribution in [0.15, 0.2) is 79.0 Å².